The van der Waals surface area contributed by atoms with Crippen LogP contribution < -0.4 is 0 Å². The Bertz CT molecular complexity index is 862. The summed E-state index contributed by atoms with van der Waals surface area (Å²) in [6.07, 6.45) is 8.31. The molecule has 0 amide bonds. The van der Waals surface area contributed by atoms with Crippen molar-refractivity contribution < 1.29 is 29.3 Å². The molecular weight excluding hydrogens is 396 g/mol. The van der Waals surface area contributed by atoms with E-state index in [2.05, 4.69) is 20.8 Å². The first-order valence-electron chi connectivity index (χ1n) is 11.8. The van der Waals surface area contributed by atoms with Gasteiger partial charge in [-0.25, -0.2) is 0 Å². The molecule has 9 atom stereocenters. The number of ketones is 2. The maximum Gasteiger partial charge on any atom is 0.193 e. The molecule has 3 saturated carbocycles. The number of hydrogen-bond acceptors (Lipinski definition) is 6. The van der Waals surface area contributed by atoms with Crippen LogP contribution in [0.25, 0.3) is 0 Å². The van der Waals surface area contributed by atoms with Gasteiger partial charge >= 0.3 is 0 Å². The van der Waals surface area contributed by atoms with Crippen LogP contribution in [0, 0.1) is 28.6 Å². The minimum atomic E-state index is -1.20. The Labute approximate surface area is 183 Å². The first-order valence-corrected chi connectivity index (χ1v) is 11.8. The highest BCUT2D eigenvalue weighted by atomic mass is 16.7. The average Bonchev–Trinajstić information content (AvgIpc) is 3.20. The zero-order valence-corrected chi connectivity index (χ0v) is 18.7. The lowest BCUT2D eigenvalue weighted by molar-refractivity contribution is -0.200. The summed E-state index contributed by atoms with van der Waals surface area (Å²) in [6, 6.07) is 0. The van der Waals surface area contributed by atoms with Crippen LogP contribution in [-0.4, -0.2) is 52.5 Å². The zero-order chi connectivity index (χ0) is 22.2. The lowest BCUT2D eigenvalue weighted by atomic mass is 9.46. The number of aliphatic hydroxyl groups is 2. The average molecular weight is 431 g/mol. The van der Waals surface area contributed by atoms with Gasteiger partial charge in [0, 0.05) is 16.7 Å². The summed E-state index contributed by atoms with van der Waals surface area (Å²) < 4.78 is 12.7. The second kappa shape index (κ2) is 7.08. The van der Waals surface area contributed by atoms with Crippen molar-refractivity contribution >= 4 is 11.6 Å². The summed E-state index contributed by atoms with van der Waals surface area (Å²) in [5.41, 5.74) is -1.05. The number of carbonyl (C=O) groups excluding carboxylic acids is 2. The zero-order valence-electron chi connectivity index (χ0n) is 18.7. The number of hydrogen-bond donors (Lipinski definition) is 2. The van der Waals surface area contributed by atoms with Crippen LogP contribution in [0.1, 0.15) is 59.3 Å². The van der Waals surface area contributed by atoms with Gasteiger partial charge in [-0.3, -0.25) is 9.59 Å². The van der Waals surface area contributed by atoms with E-state index in [1.807, 2.05) is 6.08 Å². The fourth-order valence-corrected chi connectivity index (χ4v) is 8.12. The Balaban J connectivity index is 1.55. The Hall–Kier alpha value is -1.34. The van der Waals surface area contributed by atoms with E-state index in [0.717, 1.165) is 24.8 Å². The molecule has 1 heterocycles. The van der Waals surface area contributed by atoms with Gasteiger partial charge in [-0.1, -0.05) is 38.8 Å². The second-order valence-electron chi connectivity index (χ2n) is 10.7. The van der Waals surface area contributed by atoms with E-state index < -0.39 is 36.1 Å². The third-order valence-electron chi connectivity index (χ3n) is 9.37. The van der Waals surface area contributed by atoms with Crippen LogP contribution in [0.4, 0.5) is 0 Å². The van der Waals surface area contributed by atoms with Crippen molar-refractivity contribution in [1.82, 2.24) is 0 Å². The number of ether oxygens (including phenoxy) is 2. The van der Waals surface area contributed by atoms with Gasteiger partial charge < -0.3 is 19.7 Å². The molecule has 6 nitrogen and oxygen atoms in total. The highest BCUT2D eigenvalue weighted by Crippen LogP contribution is 2.69. The Kier molecular flexibility index (Phi) is 4.91. The maximum atomic E-state index is 13.2. The molecule has 4 aliphatic carbocycles. The molecule has 5 rings (SSSR count). The van der Waals surface area contributed by atoms with Crippen molar-refractivity contribution in [2.24, 2.45) is 28.6 Å². The predicted molar refractivity (Wildman–Crippen MR) is 113 cm³/mol. The van der Waals surface area contributed by atoms with Crippen LogP contribution in [0.3, 0.4) is 0 Å². The minimum absolute atomic E-state index is 0.0125. The molecule has 0 spiro atoms. The lowest BCUT2D eigenvalue weighted by Gasteiger charge is -2.59. The monoisotopic (exact) mass is 430 g/mol. The van der Waals surface area contributed by atoms with Crippen LogP contribution >= 0.6 is 0 Å². The topological polar surface area (TPSA) is 93.1 Å². The highest BCUT2D eigenvalue weighted by molar-refractivity contribution is 6.01. The number of fused-ring (bicyclic) bond motifs is 7. The highest BCUT2D eigenvalue weighted by Gasteiger charge is 2.75. The van der Waals surface area contributed by atoms with Crippen molar-refractivity contribution in [2.45, 2.75) is 83.4 Å². The second-order valence-corrected chi connectivity index (χ2v) is 10.7. The molecule has 5 aliphatic rings. The SMILES string of the molecule is CCC[C@@H]1O[C@@H]2CC3C4CCC5=CC(=O)C=C[C@]5(C)C4[C@@H](O)C[C@]3(C)[C@]2(C(=O)CO)O1. The molecule has 6 heteroatoms. The summed E-state index contributed by atoms with van der Waals surface area (Å²) in [7, 11) is 0. The molecule has 1 saturated heterocycles. The molecule has 31 heavy (non-hydrogen) atoms. The van der Waals surface area contributed by atoms with Gasteiger partial charge in [-0.2, -0.15) is 0 Å². The van der Waals surface area contributed by atoms with Gasteiger partial charge in [0.2, 0.25) is 0 Å². The normalized spacial score (nSPS) is 50.4. The molecule has 0 aromatic heterocycles. The van der Waals surface area contributed by atoms with E-state index in [9.17, 15) is 19.8 Å². The molecule has 0 bridgehead atoms. The van der Waals surface area contributed by atoms with Crippen molar-refractivity contribution in [3.05, 3.63) is 23.8 Å². The van der Waals surface area contributed by atoms with Crippen molar-refractivity contribution in [3.63, 3.8) is 0 Å². The van der Waals surface area contributed by atoms with Gasteiger partial charge in [-0.15, -0.1) is 0 Å². The number of allylic oxidation sites excluding steroid dienone is 4. The molecule has 0 aromatic carbocycles. The summed E-state index contributed by atoms with van der Waals surface area (Å²) in [6.45, 7) is 5.67. The van der Waals surface area contributed by atoms with E-state index in [1.165, 1.54) is 0 Å². The van der Waals surface area contributed by atoms with Crippen molar-refractivity contribution in [3.8, 4) is 0 Å². The third-order valence-corrected chi connectivity index (χ3v) is 9.37. The van der Waals surface area contributed by atoms with E-state index >= 15 is 0 Å². The van der Waals surface area contributed by atoms with Crippen LogP contribution in [-0.2, 0) is 19.1 Å². The Morgan fingerprint density at radius 1 is 1.32 bits per heavy atom. The van der Waals surface area contributed by atoms with Gasteiger partial charge in [-0.05, 0) is 56.1 Å². The Morgan fingerprint density at radius 3 is 2.81 bits per heavy atom. The van der Waals surface area contributed by atoms with Crippen LogP contribution in [0.5, 0.6) is 0 Å². The number of rotatable bonds is 4. The Morgan fingerprint density at radius 2 is 2.10 bits per heavy atom. The number of aliphatic hydroxyl groups excluding tert-OH is 2. The summed E-state index contributed by atoms with van der Waals surface area (Å²) in [5, 5.41) is 21.4. The summed E-state index contributed by atoms with van der Waals surface area (Å²) in [4.78, 5) is 25.2. The molecule has 4 fully saturated rings. The fraction of sp³-hybridized carbons (Fsp3) is 0.760. The van der Waals surface area contributed by atoms with Gasteiger partial charge in [0.25, 0.3) is 0 Å². The van der Waals surface area contributed by atoms with Gasteiger partial charge in [0.05, 0.1) is 12.2 Å². The third kappa shape index (κ3) is 2.65. The van der Waals surface area contributed by atoms with E-state index in [1.54, 1.807) is 12.2 Å². The first-order chi connectivity index (χ1) is 14.7. The largest absolute Gasteiger partial charge is 0.393 e. The van der Waals surface area contributed by atoms with Crippen LogP contribution in [0.2, 0.25) is 0 Å². The molecule has 3 unspecified atom stereocenters. The maximum absolute atomic E-state index is 13.2. The van der Waals surface area contributed by atoms with E-state index in [-0.39, 0.29) is 34.7 Å². The molecule has 170 valence electrons. The predicted octanol–water partition coefficient (Wildman–Crippen LogP) is 2.72. The van der Waals surface area contributed by atoms with Gasteiger partial charge in [0.15, 0.2) is 23.5 Å². The lowest BCUT2D eigenvalue weighted by Crippen LogP contribution is -2.63. The van der Waals surface area contributed by atoms with Crippen molar-refractivity contribution in [1.29, 1.82) is 0 Å². The standard InChI is InChI=1S/C25H34O6/c1-4-5-21-30-20-11-17-16-7-6-14-10-15(27)8-9-23(14,2)22(16)18(28)12-24(17,3)25(20,31-21)19(29)13-26/h8-10,16-18,20-22,26,28H,4-7,11-13H2,1-3H3/t16?,17?,18-,20+,21+,22?,23-,24-,25+/m0/s1. The molecule has 0 aromatic rings. The van der Waals surface area contributed by atoms with Crippen LogP contribution in [0.15, 0.2) is 23.8 Å². The summed E-state index contributed by atoms with van der Waals surface area (Å²) >= 11 is 0. The molecular formula is C25H34O6. The van der Waals surface area contributed by atoms with Gasteiger partial charge in [0.1, 0.15) is 6.61 Å². The molecule has 0 radical (unpaired) electrons. The first kappa shape index (κ1) is 21.5. The number of Topliss-reactive ketones (excluding diaryl/α,β-unsaturated/α-hetero) is 1. The number of carbonyl (C=O) groups is 2. The quantitative estimate of drug-likeness (QED) is 0.712. The summed E-state index contributed by atoms with van der Waals surface area (Å²) in [5.74, 6) is 0.0274. The minimum Gasteiger partial charge on any atom is -0.393 e. The smallest absolute Gasteiger partial charge is 0.193 e. The van der Waals surface area contributed by atoms with E-state index in [0.29, 0.717) is 19.3 Å². The van der Waals surface area contributed by atoms with E-state index in [4.69, 9.17) is 9.47 Å². The molecule has 2 N–H and O–H groups in total. The van der Waals surface area contributed by atoms with Crippen molar-refractivity contribution in [2.75, 3.05) is 6.61 Å². The molecule has 1 aliphatic heterocycles. The fourth-order valence-electron chi connectivity index (χ4n) is 8.12.